The van der Waals surface area contributed by atoms with E-state index in [0.717, 1.165) is 25.7 Å². The molecule has 0 aliphatic heterocycles. The fourth-order valence-corrected chi connectivity index (χ4v) is 7.52. The van der Waals surface area contributed by atoms with Gasteiger partial charge in [0.05, 0.1) is 0 Å². The van der Waals surface area contributed by atoms with Crippen LogP contribution >= 0.6 is 0 Å². The molecule has 0 heterocycles. The molecular weight excluding hydrogens is 444 g/mol. The van der Waals surface area contributed by atoms with Gasteiger partial charge in [0.15, 0.2) is 0 Å². The molecule has 0 heteroatoms. The number of rotatable bonds is 0. The molecule has 0 bridgehead atoms. The van der Waals surface area contributed by atoms with Crippen LogP contribution in [0.3, 0.4) is 0 Å². The lowest BCUT2D eigenvalue weighted by atomic mass is 9.73. The maximum atomic E-state index is 2.55. The van der Waals surface area contributed by atoms with E-state index in [4.69, 9.17) is 0 Å². The van der Waals surface area contributed by atoms with Gasteiger partial charge in [0.1, 0.15) is 0 Å². The van der Waals surface area contributed by atoms with Crippen molar-refractivity contribution in [3.05, 3.63) is 124 Å². The fourth-order valence-electron chi connectivity index (χ4n) is 7.52. The van der Waals surface area contributed by atoms with E-state index in [9.17, 15) is 0 Å². The van der Waals surface area contributed by atoms with Gasteiger partial charge < -0.3 is 0 Å². The van der Waals surface area contributed by atoms with Gasteiger partial charge in [0, 0.05) is 0 Å². The van der Waals surface area contributed by atoms with E-state index < -0.39 is 0 Å². The minimum atomic E-state index is 0.448. The minimum absolute atomic E-state index is 0.448. The number of benzene rings is 3. The number of hydrogen-bond donors (Lipinski definition) is 0. The van der Waals surface area contributed by atoms with Crippen LogP contribution in [-0.4, -0.2) is 0 Å². The summed E-state index contributed by atoms with van der Waals surface area (Å²) in [5.74, 6) is 2.47. The highest BCUT2D eigenvalue weighted by Gasteiger charge is 2.29. The van der Waals surface area contributed by atoms with E-state index >= 15 is 0 Å². The fraction of sp³-hybridized carbons (Fsp3) is 0.216. The lowest BCUT2D eigenvalue weighted by Gasteiger charge is -2.37. The molecule has 5 aliphatic rings. The Bertz CT molecular complexity index is 1690. The molecule has 0 aromatic heterocycles. The second-order valence-electron chi connectivity index (χ2n) is 11.5. The summed E-state index contributed by atoms with van der Waals surface area (Å²) in [7, 11) is 0. The second kappa shape index (κ2) is 7.86. The van der Waals surface area contributed by atoms with Gasteiger partial charge in [-0.2, -0.15) is 0 Å². The topological polar surface area (TPSA) is 0 Å². The summed E-state index contributed by atoms with van der Waals surface area (Å²) in [6.07, 6.45) is 25.6. The van der Waals surface area contributed by atoms with Gasteiger partial charge in [-0.3, -0.25) is 0 Å². The Morgan fingerprint density at radius 3 is 2.76 bits per heavy atom. The molecule has 0 nitrogen and oxygen atoms in total. The lowest BCUT2D eigenvalue weighted by Crippen LogP contribution is -2.17. The van der Waals surface area contributed by atoms with Gasteiger partial charge in [-0.1, -0.05) is 55.0 Å². The van der Waals surface area contributed by atoms with Crippen LogP contribution in [0.25, 0.3) is 44.7 Å². The maximum Gasteiger partial charge on any atom is -0.00202 e. The Morgan fingerprint density at radius 2 is 1.81 bits per heavy atom. The smallest absolute Gasteiger partial charge is 0.00202 e. The summed E-state index contributed by atoms with van der Waals surface area (Å²) in [4.78, 5) is 0. The molecule has 0 amide bonds. The van der Waals surface area contributed by atoms with Crippen LogP contribution in [0.1, 0.15) is 61.3 Å². The number of hydrogen-bond acceptors (Lipinski definition) is 0. The Hall–Kier alpha value is -3.77. The first-order valence-corrected chi connectivity index (χ1v) is 13.9. The molecule has 0 fully saturated rings. The zero-order valence-electron chi connectivity index (χ0n) is 21.6. The first-order valence-electron chi connectivity index (χ1n) is 13.9. The van der Waals surface area contributed by atoms with Crippen LogP contribution in [0.2, 0.25) is 0 Å². The van der Waals surface area contributed by atoms with Crippen LogP contribution in [0, 0.1) is 11.8 Å². The van der Waals surface area contributed by atoms with E-state index in [1.165, 1.54) is 77.9 Å². The third-order valence-electron chi connectivity index (χ3n) is 9.25. The average molecular weight is 476 g/mol. The quantitative estimate of drug-likeness (QED) is 0.222. The first-order chi connectivity index (χ1) is 18.2. The molecule has 0 saturated carbocycles. The number of fused-ring (bicyclic) bond motifs is 6. The van der Waals surface area contributed by atoms with Crippen molar-refractivity contribution in [2.45, 2.75) is 45.4 Å². The lowest BCUT2D eigenvalue weighted by molar-refractivity contribution is 0.660. The van der Waals surface area contributed by atoms with Crippen LogP contribution < -0.4 is 0 Å². The normalized spacial score (nSPS) is 23.9. The van der Waals surface area contributed by atoms with Crippen LogP contribution in [0.15, 0.2) is 96.2 Å². The first kappa shape index (κ1) is 21.3. The SMILES string of the molecule is C/C1=C\C2=CC=CCC3C=CC=C(CC(C)c4cc5c(cc41)-c1cc4c(c6cccc-5c16)C=CCC4)[C-]23. The molecule has 3 aromatic carbocycles. The average Bonchev–Trinajstić information content (AvgIpc) is 3.09. The van der Waals surface area contributed by atoms with Crippen LogP contribution in [0.5, 0.6) is 0 Å². The molecular formula is C37H31-. The summed E-state index contributed by atoms with van der Waals surface area (Å²) in [5, 5.41) is 2.86. The van der Waals surface area contributed by atoms with Crippen molar-refractivity contribution in [3.8, 4) is 22.3 Å². The maximum absolute atomic E-state index is 2.55. The molecule has 2 atom stereocenters. The van der Waals surface area contributed by atoms with Gasteiger partial charge in [0.2, 0.25) is 0 Å². The van der Waals surface area contributed by atoms with Gasteiger partial charge in [-0.05, 0) is 118 Å². The van der Waals surface area contributed by atoms with Gasteiger partial charge in [-0.15, -0.1) is 47.4 Å². The molecule has 8 rings (SSSR count). The van der Waals surface area contributed by atoms with E-state index in [2.05, 4.69) is 105 Å². The van der Waals surface area contributed by atoms with Crippen molar-refractivity contribution < 1.29 is 0 Å². The van der Waals surface area contributed by atoms with Crippen molar-refractivity contribution in [3.63, 3.8) is 0 Å². The van der Waals surface area contributed by atoms with Crippen molar-refractivity contribution >= 4 is 22.4 Å². The molecule has 0 saturated heterocycles. The van der Waals surface area contributed by atoms with Crippen LogP contribution in [0.4, 0.5) is 0 Å². The summed E-state index contributed by atoms with van der Waals surface area (Å²) in [6, 6.07) is 14.5. The Labute approximate surface area is 220 Å². The predicted octanol–water partition coefficient (Wildman–Crippen LogP) is 9.93. The predicted molar refractivity (Wildman–Crippen MR) is 158 cm³/mol. The highest BCUT2D eigenvalue weighted by Crippen LogP contribution is 2.53. The monoisotopic (exact) mass is 475 g/mol. The van der Waals surface area contributed by atoms with E-state index in [1.807, 2.05) is 0 Å². The molecule has 3 aromatic rings. The number of aryl methyl sites for hydroxylation is 1. The van der Waals surface area contributed by atoms with E-state index in [-0.39, 0.29) is 0 Å². The zero-order chi connectivity index (χ0) is 24.7. The third kappa shape index (κ3) is 3.05. The van der Waals surface area contributed by atoms with Crippen molar-refractivity contribution in [1.29, 1.82) is 0 Å². The van der Waals surface area contributed by atoms with Crippen molar-refractivity contribution in [1.82, 2.24) is 0 Å². The molecule has 37 heavy (non-hydrogen) atoms. The summed E-state index contributed by atoms with van der Waals surface area (Å²) in [5.41, 5.74) is 15.8. The van der Waals surface area contributed by atoms with Crippen LogP contribution in [-0.2, 0) is 6.42 Å². The Balaban J connectivity index is 1.38. The zero-order valence-corrected chi connectivity index (χ0v) is 21.6. The molecule has 5 aliphatic carbocycles. The molecule has 2 unspecified atom stereocenters. The van der Waals surface area contributed by atoms with Crippen molar-refractivity contribution in [2.75, 3.05) is 0 Å². The number of allylic oxidation sites excluding steroid dienone is 11. The van der Waals surface area contributed by atoms with Gasteiger partial charge in [0.25, 0.3) is 0 Å². The molecule has 180 valence electrons. The molecule has 0 spiro atoms. The largest absolute Gasteiger partial charge is 0.144 e. The van der Waals surface area contributed by atoms with Gasteiger partial charge in [-0.25, -0.2) is 0 Å². The summed E-state index contributed by atoms with van der Waals surface area (Å²) in [6.45, 7) is 4.76. The Kier molecular flexibility index (Phi) is 4.53. The molecule has 0 N–H and O–H groups in total. The summed E-state index contributed by atoms with van der Waals surface area (Å²) < 4.78 is 0. The second-order valence-corrected chi connectivity index (χ2v) is 11.5. The molecule has 0 radical (unpaired) electrons. The summed E-state index contributed by atoms with van der Waals surface area (Å²) >= 11 is 0. The van der Waals surface area contributed by atoms with Crippen molar-refractivity contribution in [2.24, 2.45) is 5.92 Å². The minimum Gasteiger partial charge on any atom is -0.144 e. The highest BCUT2D eigenvalue weighted by molar-refractivity contribution is 6.18. The van der Waals surface area contributed by atoms with Gasteiger partial charge >= 0.3 is 0 Å². The highest BCUT2D eigenvalue weighted by atomic mass is 14.4. The standard InChI is InChI=1S/C37H31/c1-22-17-26-11-4-3-9-24-12-7-13-27(36(24)26)18-23(2)31-20-33-30-16-8-15-29-28-14-6-5-10-25(28)19-35(37(29)30)34(33)21-32(22)31/h3-4,6-8,11-17,19-21,23-24H,5,9-10,18H2,1-2H3/q-1/b22-17+. The third-order valence-corrected chi connectivity index (χ3v) is 9.25. The Morgan fingerprint density at radius 1 is 0.892 bits per heavy atom. The van der Waals surface area contributed by atoms with E-state index in [1.54, 1.807) is 0 Å². The van der Waals surface area contributed by atoms with E-state index in [0.29, 0.717) is 11.8 Å².